The first-order valence-corrected chi connectivity index (χ1v) is 5.06. The average Bonchev–Trinajstić information content (AvgIpc) is 2.39. The van der Waals surface area contributed by atoms with Crippen molar-refractivity contribution in [1.29, 1.82) is 5.26 Å². The van der Waals surface area contributed by atoms with E-state index in [1.807, 2.05) is 6.07 Å². The number of benzene rings is 1. The average molecular weight is 240 g/mol. The van der Waals surface area contributed by atoms with Crippen molar-refractivity contribution < 1.29 is 14.6 Å². The number of aromatic nitrogens is 1. The molecule has 0 saturated carbocycles. The Kier molecular flexibility index (Phi) is 3.21. The van der Waals surface area contributed by atoms with E-state index in [0.29, 0.717) is 11.3 Å². The first-order valence-electron chi connectivity index (χ1n) is 5.06. The van der Waals surface area contributed by atoms with E-state index in [4.69, 9.17) is 15.1 Å². The van der Waals surface area contributed by atoms with Crippen LogP contribution in [-0.4, -0.2) is 16.1 Å². The molecule has 0 aliphatic heterocycles. The van der Waals surface area contributed by atoms with Crippen molar-refractivity contribution in [3.05, 3.63) is 53.7 Å². The molecule has 0 unspecified atom stereocenters. The molecule has 0 saturated heterocycles. The van der Waals surface area contributed by atoms with Gasteiger partial charge in [0.1, 0.15) is 5.75 Å². The molecule has 0 fully saturated rings. The Balaban J connectivity index is 2.18. The summed E-state index contributed by atoms with van der Waals surface area (Å²) in [5, 5.41) is 17.5. The minimum Gasteiger partial charge on any atom is -0.478 e. The van der Waals surface area contributed by atoms with Crippen molar-refractivity contribution in [3.8, 4) is 17.7 Å². The van der Waals surface area contributed by atoms with Gasteiger partial charge in [-0.15, -0.1) is 0 Å². The Morgan fingerprint density at radius 3 is 2.61 bits per heavy atom. The number of hydrogen-bond donors (Lipinski definition) is 1. The predicted molar refractivity (Wildman–Crippen MR) is 62.4 cm³/mol. The molecule has 1 heterocycles. The molecule has 0 spiro atoms. The van der Waals surface area contributed by atoms with Crippen molar-refractivity contribution in [2.75, 3.05) is 0 Å². The molecule has 88 valence electrons. The molecule has 5 nitrogen and oxygen atoms in total. The Hall–Kier alpha value is -2.87. The van der Waals surface area contributed by atoms with E-state index in [9.17, 15) is 4.79 Å². The third-order valence-electron chi connectivity index (χ3n) is 2.19. The molecule has 2 aromatic rings. The molecule has 2 rings (SSSR count). The molecular weight excluding hydrogens is 232 g/mol. The summed E-state index contributed by atoms with van der Waals surface area (Å²) in [7, 11) is 0. The Labute approximate surface area is 103 Å². The van der Waals surface area contributed by atoms with Gasteiger partial charge in [0.2, 0.25) is 5.88 Å². The zero-order chi connectivity index (χ0) is 13.0. The molecule has 0 aliphatic rings. The number of carboxylic acids is 1. The van der Waals surface area contributed by atoms with Gasteiger partial charge in [0.05, 0.1) is 17.2 Å². The molecule has 5 heteroatoms. The van der Waals surface area contributed by atoms with Crippen molar-refractivity contribution >= 4 is 5.97 Å². The van der Waals surface area contributed by atoms with Gasteiger partial charge in [-0.3, -0.25) is 0 Å². The van der Waals surface area contributed by atoms with E-state index in [1.165, 1.54) is 36.5 Å². The summed E-state index contributed by atoms with van der Waals surface area (Å²) in [6, 6.07) is 11.0. The molecule has 0 atom stereocenters. The lowest BCUT2D eigenvalue weighted by molar-refractivity contribution is 0.0697. The van der Waals surface area contributed by atoms with Crippen LogP contribution >= 0.6 is 0 Å². The van der Waals surface area contributed by atoms with Crippen molar-refractivity contribution in [2.24, 2.45) is 0 Å². The molecule has 18 heavy (non-hydrogen) atoms. The van der Waals surface area contributed by atoms with Crippen LogP contribution in [0.3, 0.4) is 0 Å². The second kappa shape index (κ2) is 4.97. The van der Waals surface area contributed by atoms with E-state index < -0.39 is 5.97 Å². The van der Waals surface area contributed by atoms with E-state index in [1.54, 1.807) is 6.07 Å². The molecule has 0 aliphatic carbocycles. The topological polar surface area (TPSA) is 83.2 Å². The molecular formula is C13H8N2O3. The zero-order valence-electron chi connectivity index (χ0n) is 9.20. The van der Waals surface area contributed by atoms with Crippen LogP contribution in [0.15, 0.2) is 42.6 Å². The minimum atomic E-state index is -0.994. The minimum absolute atomic E-state index is 0.182. The second-order valence-corrected chi connectivity index (χ2v) is 3.43. The summed E-state index contributed by atoms with van der Waals surface area (Å²) in [5.41, 5.74) is 0.628. The molecule has 0 radical (unpaired) electrons. The summed E-state index contributed by atoms with van der Waals surface area (Å²) in [4.78, 5) is 14.6. The molecule has 0 bridgehead atoms. The fourth-order valence-corrected chi connectivity index (χ4v) is 1.32. The van der Waals surface area contributed by atoms with Crippen LogP contribution in [0.25, 0.3) is 0 Å². The van der Waals surface area contributed by atoms with Gasteiger partial charge in [0.15, 0.2) is 0 Å². The number of nitriles is 1. The van der Waals surface area contributed by atoms with Gasteiger partial charge in [-0.05, 0) is 30.3 Å². The van der Waals surface area contributed by atoms with E-state index in [0.717, 1.165) is 0 Å². The Morgan fingerprint density at radius 1 is 1.28 bits per heavy atom. The van der Waals surface area contributed by atoms with Gasteiger partial charge in [-0.25, -0.2) is 9.78 Å². The zero-order valence-corrected chi connectivity index (χ0v) is 9.20. The number of hydrogen-bond acceptors (Lipinski definition) is 4. The number of rotatable bonds is 3. The van der Waals surface area contributed by atoms with Gasteiger partial charge >= 0.3 is 5.97 Å². The number of aromatic carboxylic acids is 1. The number of carboxylic acid groups (broad SMARTS) is 1. The molecule has 1 aromatic carbocycles. The Bertz CT molecular complexity index is 615. The summed E-state index contributed by atoms with van der Waals surface area (Å²) in [6.45, 7) is 0. The maximum atomic E-state index is 10.7. The van der Waals surface area contributed by atoms with Crippen LogP contribution in [-0.2, 0) is 0 Å². The van der Waals surface area contributed by atoms with Crippen molar-refractivity contribution in [3.63, 3.8) is 0 Å². The van der Waals surface area contributed by atoms with Gasteiger partial charge in [0.25, 0.3) is 0 Å². The SMILES string of the molecule is N#Cc1ccnc(Oc2ccc(C(=O)O)cc2)c1. The number of ether oxygens (including phenoxy) is 1. The lowest BCUT2D eigenvalue weighted by Gasteiger charge is -2.04. The maximum Gasteiger partial charge on any atom is 0.335 e. The second-order valence-electron chi connectivity index (χ2n) is 3.43. The van der Waals surface area contributed by atoms with Gasteiger partial charge in [-0.2, -0.15) is 5.26 Å². The van der Waals surface area contributed by atoms with E-state index in [2.05, 4.69) is 4.98 Å². The summed E-state index contributed by atoms with van der Waals surface area (Å²) in [5.74, 6) is -0.245. The lowest BCUT2D eigenvalue weighted by atomic mass is 10.2. The first-order chi connectivity index (χ1) is 8.69. The summed E-state index contributed by atoms with van der Waals surface area (Å²) in [6.07, 6.45) is 1.47. The lowest BCUT2D eigenvalue weighted by Crippen LogP contribution is -1.95. The highest BCUT2D eigenvalue weighted by atomic mass is 16.5. The van der Waals surface area contributed by atoms with Crippen molar-refractivity contribution in [1.82, 2.24) is 4.98 Å². The smallest absolute Gasteiger partial charge is 0.335 e. The Morgan fingerprint density at radius 2 is 2.00 bits per heavy atom. The molecule has 0 amide bonds. The van der Waals surface area contributed by atoms with Crippen LogP contribution in [0.5, 0.6) is 11.6 Å². The summed E-state index contributed by atoms with van der Waals surface area (Å²) < 4.78 is 5.40. The fourth-order valence-electron chi connectivity index (χ4n) is 1.32. The van der Waals surface area contributed by atoms with Gasteiger partial charge in [0, 0.05) is 12.3 Å². The maximum absolute atomic E-state index is 10.7. The monoisotopic (exact) mass is 240 g/mol. The van der Waals surface area contributed by atoms with Crippen LogP contribution < -0.4 is 4.74 Å². The normalized spacial score (nSPS) is 9.50. The van der Waals surface area contributed by atoms with E-state index >= 15 is 0 Å². The highest BCUT2D eigenvalue weighted by Gasteiger charge is 2.04. The van der Waals surface area contributed by atoms with Crippen LogP contribution in [0, 0.1) is 11.3 Å². The third-order valence-corrected chi connectivity index (χ3v) is 2.19. The van der Waals surface area contributed by atoms with Crippen LogP contribution in [0.4, 0.5) is 0 Å². The highest BCUT2D eigenvalue weighted by Crippen LogP contribution is 2.20. The predicted octanol–water partition coefficient (Wildman–Crippen LogP) is 2.44. The standard InChI is InChI=1S/C13H8N2O3/c14-8-9-5-6-15-12(7-9)18-11-3-1-10(2-4-11)13(16)17/h1-7H,(H,16,17). The third kappa shape index (κ3) is 2.62. The van der Waals surface area contributed by atoms with E-state index in [-0.39, 0.29) is 11.4 Å². The van der Waals surface area contributed by atoms with Gasteiger partial charge in [-0.1, -0.05) is 0 Å². The quantitative estimate of drug-likeness (QED) is 0.890. The van der Waals surface area contributed by atoms with Gasteiger partial charge < -0.3 is 9.84 Å². The summed E-state index contributed by atoms with van der Waals surface area (Å²) >= 11 is 0. The molecule has 1 N–H and O–H groups in total. The first kappa shape index (κ1) is 11.6. The number of pyridine rings is 1. The fraction of sp³-hybridized carbons (Fsp3) is 0. The van der Waals surface area contributed by atoms with Crippen LogP contribution in [0.1, 0.15) is 15.9 Å². The highest BCUT2D eigenvalue weighted by molar-refractivity contribution is 5.87. The van der Waals surface area contributed by atoms with Crippen molar-refractivity contribution in [2.45, 2.75) is 0 Å². The van der Waals surface area contributed by atoms with Crippen LogP contribution in [0.2, 0.25) is 0 Å². The number of nitrogens with zero attached hydrogens (tertiary/aromatic N) is 2. The molecule has 1 aromatic heterocycles. The number of carbonyl (C=O) groups is 1. The largest absolute Gasteiger partial charge is 0.478 e.